The first-order chi connectivity index (χ1) is 11.5. The van der Waals surface area contributed by atoms with E-state index < -0.39 is 0 Å². The van der Waals surface area contributed by atoms with Crippen LogP contribution in [0.15, 0.2) is 30.3 Å². The second kappa shape index (κ2) is 5.48. The van der Waals surface area contributed by atoms with Gasteiger partial charge in [0, 0.05) is 5.56 Å². The molecule has 0 atom stereocenters. The van der Waals surface area contributed by atoms with Gasteiger partial charge in [-0.15, -0.1) is 15.0 Å². The van der Waals surface area contributed by atoms with Crippen molar-refractivity contribution in [2.45, 2.75) is 52.4 Å². The van der Waals surface area contributed by atoms with E-state index in [4.69, 9.17) is 0 Å². The minimum Gasteiger partial charge on any atom is -0.506 e. The molecule has 2 N–H and O–H groups in total. The normalized spacial score (nSPS) is 12.7. The molecule has 0 bridgehead atoms. The van der Waals surface area contributed by atoms with Crippen molar-refractivity contribution in [3.63, 3.8) is 0 Å². The number of aromatic hydroxyl groups is 2. The van der Waals surface area contributed by atoms with Crippen molar-refractivity contribution < 1.29 is 10.2 Å². The fourth-order valence-corrected chi connectivity index (χ4v) is 2.81. The summed E-state index contributed by atoms with van der Waals surface area (Å²) in [6.45, 7) is 12.6. The minimum atomic E-state index is -0.227. The van der Waals surface area contributed by atoms with E-state index >= 15 is 0 Å². The van der Waals surface area contributed by atoms with Gasteiger partial charge in [-0.3, -0.25) is 0 Å². The first-order valence-corrected chi connectivity index (χ1v) is 8.42. The number of nitrogens with zero attached hydrogens (tertiary/aromatic N) is 3. The number of benzene rings is 2. The van der Waals surface area contributed by atoms with E-state index in [9.17, 15) is 10.2 Å². The Morgan fingerprint density at radius 1 is 0.880 bits per heavy atom. The van der Waals surface area contributed by atoms with Crippen LogP contribution in [0.5, 0.6) is 11.5 Å². The third-order valence-electron chi connectivity index (χ3n) is 4.37. The van der Waals surface area contributed by atoms with Crippen LogP contribution in [-0.2, 0) is 10.8 Å². The molecule has 0 aliphatic heterocycles. The van der Waals surface area contributed by atoms with Crippen molar-refractivity contribution in [3.05, 3.63) is 41.5 Å². The molecule has 3 aromatic rings. The highest BCUT2D eigenvalue weighted by Crippen LogP contribution is 2.39. The van der Waals surface area contributed by atoms with Gasteiger partial charge < -0.3 is 10.2 Å². The monoisotopic (exact) mass is 339 g/mol. The fraction of sp³-hybridized carbons (Fsp3) is 0.400. The third kappa shape index (κ3) is 3.06. The van der Waals surface area contributed by atoms with Crippen molar-refractivity contribution in [2.75, 3.05) is 0 Å². The molecule has 0 unspecified atom stereocenters. The van der Waals surface area contributed by atoms with Crippen LogP contribution in [0.25, 0.3) is 16.7 Å². The summed E-state index contributed by atoms with van der Waals surface area (Å²) in [4.78, 5) is 1.41. The second-order valence-electron chi connectivity index (χ2n) is 8.53. The van der Waals surface area contributed by atoms with Crippen LogP contribution in [-0.4, -0.2) is 25.2 Å². The Morgan fingerprint density at radius 3 is 2.12 bits per heavy atom. The zero-order valence-electron chi connectivity index (χ0n) is 15.6. The van der Waals surface area contributed by atoms with E-state index in [1.54, 1.807) is 18.2 Å². The van der Waals surface area contributed by atoms with Crippen molar-refractivity contribution in [3.8, 4) is 17.2 Å². The molecule has 2 aromatic carbocycles. The van der Waals surface area contributed by atoms with Crippen molar-refractivity contribution in [1.82, 2.24) is 15.0 Å². The Labute approximate surface area is 147 Å². The molecule has 0 aliphatic rings. The lowest BCUT2D eigenvalue weighted by Crippen LogP contribution is -2.18. The highest BCUT2D eigenvalue weighted by molar-refractivity contribution is 5.80. The fourth-order valence-electron chi connectivity index (χ4n) is 2.81. The van der Waals surface area contributed by atoms with E-state index in [2.05, 4.69) is 57.8 Å². The van der Waals surface area contributed by atoms with E-state index in [0.717, 1.165) is 11.1 Å². The van der Waals surface area contributed by atoms with Crippen LogP contribution in [0.2, 0.25) is 0 Å². The lowest BCUT2D eigenvalue weighted by molar-refractivity contribution is 0.438. The number of phenols is 2. The predicted molar refractivity (Wildman–Crippen MR) is 99.6 cm³/mol. The first-order valence-electron chi connectivity index (χ1n) is 8.42. The maximum Gasteiger partial charge on any atom is 0.155 e. The van der Waals surface area contributed by atoms with Gasteiger partial charge in [0.1, 0.15) is 22.7 Å². The van der Waals surface area contributed by atoms with Gasteiger partial charge in [0.25, 0.3) is 0 Å². The van der Waals surface area contributed by atoms with Crippen LogP contribution in [0.3, 0.4) is 0 Å². The average molecular weight is 339 g/mol. The summed E-state index contributed by atoms with van der Waals surface area (Å²) in [5, 5.41) is 29.7. The van der Waals surface area contributed by atoms with Crippen molar-refractivity contribution >= 4 is 11.0 Å². The maximum atomic E-state index is 10.9. The largest absolute Gasteiger partial charge is 0.506 e. The molecular weight excluding hydrogens is 314 g/mol. The molecule has 0 amide bonds. The van der Waals surface area contributed by atoms with Gasteiger partial charge in [-0.05, 0) is 34.6 Å². The number of hydrogen-bond acceptors (Lipinski definition) is 4. The van der Waals surface area contributed by atoms with Gasteiger partial charge in [0.2, 0.25) is 0 Å². The summed E-state index contributed by atoms with van der Waals surface area (Å²) in [6, 6.07) is 9.06. The second-order valence-corrected chi connectivity index (χ2v) is 8.53. The van der Waals surface area contributed by atoms with Crippen LogP contribution in [0, 0.1) is 0 Å². The van der Waals surface area contributed by atoms with E-state index in [1.807, 2.05) is 6.07 Å². The zero-order chi connectivity index (χ0) is 18.6. The molecule has 25 heavy (non-hydrogen) atoms. The van der Waals surface area contributed by atoms with E-state index in [0.29, 0.717) is 16.7 Å². The van der Waals surface area contributed by atoms with Crippen molar-refractivity contribution in [2.24, 2.45) is 0 Å². The Balaban J connectivity index is 2.32. The summed E-state index contributed by atoms with van der Waals surface area (Å²) >= 11 is 0. The number of phenolic OH excluding ortho intramolecular Hbond substituents is 2. The molecule has 0 radical (unpaired) electrons. The average Bonchev–Trinajstić information content (AvgIpc) is 2.90. The minimum absolute atomic E-state index is 0.0752. The Kier molecular flexibility index (Phi) is 3.78. The van der Waals surface area contributed by atoms with Gasteiger partial charge in [-0.2, -0.15) is 0 Å². The SMILES string of the molecule is CC(C)(C)c1cc(-n2nc3cccc(O)c3n2)c(O)c(C(C)(C)C)c1. The predicted octanol–water partition coefficient (Wildman–Crippen LogP) is 4.43. The third-order valence-corrected chi connectivity index (χ3v) is 4.37. The number of fused-ring (bicyclic) bond motifs is 1. The number of hydrogen-bond donors (Lipinski definition) is 2. The lowest BCUT2D eigenvalue weighted by atomic mass is 9.80. The van der Waals surface area contributed by atoms with Crippen LogP contribution >= 0.6 is 0 Å². The van der Waals surface area contributed by atoms with Gasteiger partial charge in [-0.25, -0.2) is 0 Å². The molecule has 0 saturated carbocycles. The smallest absolute Gasteiger partial charge is 0.155 e. The van der Waals surface area contributed by atoms with Gasteiger partial charge in [-0.1, -0.05) is 53.7 Å². The molecule has 5 nitrogen and oxygen atoms in total. The molecule has 0 spiro atoms. The highest BCUT2D eigenvalue weighted by atomic mass is 16.3. The van der Waals surface area contributed by atoms with Crippen LogP contribution < -0.4 is 0 Å². The highest BCUT2D eigenvalue weighted by Gasteiger charge is 2.26. The summed E-state index contributed by atoms with van der Waals surface area (Å²) in [5.74, 6) is 0.242. The molecule has 132 valence electrons. The molecule has 5 heteroatoms. The van der Waals surface area contributed by atoms with E-state index in [1.165, 1.54) is 4.80 Å². The molecule has 0 saturated heterocycles. The molecule has 1 aromatic heterocycles. The van der Waals surface area contributed by atoms with Gasteiger partial charge in [0.05, 0.1) is 0 Å². The number of rotatable bonds is 1. The topological polar surface area (TPSA) is 71.2 Å². The Bertz CT molecular complexity index is 944. The van der Waals surface area contributed by atoms with Crippen LogP contribution in [0.1, 0.15) is 52.7 Å². The quantitative estimate of drug-likeness (QED) is 0.688. The van der Waals surface area contributed by atoms with Crippen LogP contribution in [0.4, 0.5) is 0 Å². The maximum absolute atomic E-state index is 10.9. The Hall–Kier alpha value is -2.56. The van der Waals surface area contributed by atoms with Gasteiger partial charge in [0.15, 0.2) is 5.52 Å². The summed E-state index contributed by atoms with van der Waals surface area (Å²) in [6.07, 6.45) is 0. The zero-order valence-corrected chi connectivity index (χ0v) is 15.6. The summed E-state index contributed by atoms with van der Waals surface area (Å²) < 4.78 is 0. The van der Waals surface area contributed by atoms with Gasteiger partial charge >= 0.3 is 0 Å². The molecule has 0 aliphatic carbocycles. The van der Waals surface area contributed by atoms with Crippen molar-refractivity contribution in [1.29, 1.82) is 0 Å². The number of aromatic nitrogens is 3. The molecule has 1 heterocycles. The summed E-state index contributed by atoms with van der Waals surface area (Å²) in [7, 11) is 0. The van der Waals surface area contributed by atoms with E-state index in [-0.39, 0.29) is 22.3 Å². The first kappa shape index (κ1) is 17.3. The molecule has 3 rings (SSSR count). The standard InChI is InChI=1S/C20H25N3O2/c1-19(2,3)12-10-13(20(4,5)6)18(25)15(11-12)23-21-14-8-7-9-16(24)17(14)22-23/h7-11,24-25H,1-6H3. The molecule has 0 fully saturated rings. The molecular formula is C20H25N3O2. The summed E-state index contributed by atoms with van der Waals surface area (Å²) in [5.41, 5.74) is 3.15. The lowest BCUT2D eigenvalue weighted by Gasteiger charge is -2.27. The Morgan fingerprint density at radius 2 is 1.56 bits per heavy atom.